The molecule has 0 aliphatic carbocycles. The number of anilines is 1. The zero-order chi connectivity index (χ0) is 19.4. The summed E-state index contributed by atoms with van der Waals surface area (Å²) in [5.74, 6) is 0.549. The molecule has 27 heavy (non-hydrogen) atoms. The van der Waals surface area contributed by atoms with E-state index in [2.05, 4.69) is 15.5 Å². The van der Waals surface area contributed by atoms with Gasteiger partial charge in [0, 0.05) is 36.7 Å². The molecule has 1 aromatic carbocycles. The van der Waals surface area contributed by atoms with E-state index < -0.39 is 0 Å². The molecule has 3 rings (SSSR count). The quantitative estimate of drug-likeness (QED) is 0.663. The first-order valence-corrected chi connectivity index (χ1v) is 8.74. The number of carbonyl (C=O) groups is 1. The van der Waals surface area contributed by atoms with Gasteiger partial charge in [-0.05, 0) is 44.2 Å². The van der Waals surface area contributed by atoms with E-state index >= 15 is 0 Å². The molecule has 0 saturated heterocycles. The molecule has 0 aliphatic heterocycles. The Morgan fingerprint density at radius 2 is 2.07 bits per heavy atom. The van der Waals surface area contributed by atoms with Gasteiger partial charge in [0.15, 0.2) is 0 Å². The van der Waals surface area contributed by atoms with Crippen LogP contribution < -0.4 is 15.8 Å². The van der Waals surface area contributed by atoms with Gasteiger partial charge in [0.25, 0.3) is 0 Å². The predicted molar refractivity (Wildman–Crippen MR) is 104 cm³/mol. The van der Waals surface area contributed by atoms with Crippen LogP contribution in [0.15, 0.2) is 36.5 Å². The molecule has 3 N–H and O–H groups in total. The summed E-state index contributed by atoms with van der Waals surface area (Å²) in [7, 11) is 1.86. The summed E-state index contributed by atoms with van der Waals surface area (Å²) in [6, 6.07) is 9.35. The van der Waals surface area contributed by atoms with Crippen molar-refractivity contribution in [2.24, 2.45) is 12.8 Å². The van der Waals surface area contributed by atoms with Gasteiger partial charge in [0.1, 0.15) is 18.9 Å². The van der Waals surface area contributed by atoms with Gasteiger partial charge in [-0.3, -0.25) is 14.2 Å². The molecule has 0 bridgehead atoms. The zero-order valence-electron chi connectivity index (χ0n) is 15.8. The van der Waals surface area contributed by atoms with Gasteiger partial charge in [0.2, 0.25) is 5.91 Å². The summed E-state index contributed by atoms with van der Waals surface area (Å²) in [6.45, 7) is 4.82. The lowest BCUT2D eigenvalue weighted by molar-refractivity contribution is -0.116. The Morgan fingerprint density at radius 3 is 2.70 bits per heavy atom. The van der Waals surface area contributed by atoms with Crippen LogP contribution in [0.5, 0.6) is 5.75 Å². The van der Waals surface area contributed by atoms with Crippen molar-refractivity contribution in [3.05, 3.63) is 47.9 Å². The first-order chi connectivity index (χ1) is 13.0. The Bertz CT molecular complexity index is 944. The van der Waals surface area contributed by atoms with E-state index in [0.717, 1.165) is 22.6 Å². The predicted octanol–water partition coefficient (Wildman–Crippen LogP) is 1.88. The van der Waals surface area contributed by atoms with Crippen molar-refractivity contribution in [3.8, 4) is 17.0 Å². The minimum atomic E-state index is -0.146. The van der Waals surface area contributed by atoms with Gasteiger partial charge in [-0.2, -0.15) is 10.2 Å². The van der Waals surface area contributed by atoms with Gasteiger partial charge in [-0.15, -0.1) is 0 Å². The smallest absolute Gasteiger partial charge is 0.246 e. The zero-order valence-corrected chi connectivity index (χ0v) is 15.8. The molecule has 1 amide bonds. The largest absolute Gasteiger partial charge is 0.492 e. The highest BCUT2D eigenvalue weighted by Gasteiger charge is 2.13. The SMILES string of the molecule is Cc1cc(C)n(CC(=O)Nc2ccc(OCCN)c(-c3ccnn3C)c2)n1. The highest BCUT2D eigenvalue weighted by atomic mass is 16.5. The van der Waals surface area contributed by atoms with Crippen LogP contribution in [0.25, 0.3) is 11.3 Å². The molecule has 3 aromatic rings. The van der Waals surface area contributed by atoms with Gasteiger partial charge in [0.05, 0.1) is 11.4 Å². The highest BCUT2D eigenvalue weighted by Crippen LogP contribution is 2.32. The van der Waals surface area contributed by atoms with E-state index in [9.17, 15) is 4.79 Å². The number of hydrogen-bond donors (Lipinski definition) is 2. The monoisotopic (exact) mass is 368 g/mol. The summed E-state index contributed by atoms with van der Waals surface area (Å²) in [4.78, 5) is 12.4. The second-order valence-electron chi connectivity index (χ2n) is 6.32. The minimum Gasteiger partial charge on any atom is -0.492 e. The molecule has 142 valence electrons. The molecule has 2 aromatic heterocycles. The lowest BCUT2D eigenvalue weighted by Crippen LogP contribution is -2.20. The van der Waals surface area contributed by atoms with Gasteiger partial charge < -0.3 is 15.8 Å². The standard InChI is InChI=1S/C19H24N6O2/c1-13-10-14(2)25(23-13)12-19(26)22-15-4-5-18(27-9-7-20)16(11-15)17-6-8-21-24(17)3/h4-6,8,10-11H,7,9,12,20H2,1-3H3,(H,22,26). The second-order valence-corrected chi connectivity index (χ2v) is 6.32. The Kier molecular flexibility index (Phi) is 5.56. The third-order valence-corrected chi connectivity index (χ3v) is 4.13. The lowest BCUT2D eigenvalue weighted by atomic mass is 10.1. The number of aromatic nitrogens is 4. The number of carbonyl (C=O) groups excluding carboxylic acids is 1. The molecular weight excluding hydrogens is 344 g/mol. The number of ether oxygens (including phenoxy) is 1. The van der Waals surface area contributed by atoms with E-state index in [0.29, 0.717) is 24.6 Å². The molecular formula is C19H24N6O2. The van der Waals surface area contributed by atoms with Crippen molar-refractivity contribution in [1.82, 2.24) is 19.6 Å². The number of amides is 1. The Morgan fingerprint density at radius 1 is 1.26 bits per heavy atom. The Balaban J connectivity index is 1.82. The van der Waals surface area contributed by atoms with E-state index in [-0.39, 0.29) is 12.5 Å². The number of nitrogens with one attached hydrogen (secondary N) is 1. The van der Waals surface area contributed by atoms with Crippen molar-refractivity contribution < 1.29 is 9.53 Å². The second kappa shape index (κ2) is 8.05. The maximum atomic E-state index is 12.4. The molecule has 8 heteroatoms. The van der Waals surface area contributed by atoms with Crippen molar-refractivity contribution >= 4 is 11.6 Å². The maximum absolute atomic E-state index is 12.4. The first-order valence-electron chi connectivity index (χ1n) is 8.74. The lowest BCUT2D eigenvalue weighted by Gasteiger charge is -2.14. The van der Waals surface area contributed by atoms with E-state index in [1.54, 1.807) is 15.6 Å². The summed E-state index contributed by atoms with van der Waals surface area (Å²) in [5.41, 5.74) is 9.79. The maximum Gasteiger partial charge on any atom is 0.246 e. The number of hydrogen-bond acceptors (Lipinski definition) is 5. The van der Waals surface area contributed by atoms with Crippen molar-refractivity contribution in [3.63, 3.8) is 0 Å². The fourth-order valence-electron chi connectivity index (χ4n) is 2.91. The third kappa shape index (κ3) is 4.35. The molecule has 0 saturated carbocycles. The molecule has 0 spiro atoms. The van der Waals surface area contributed by atoms with Crippen LogP contribution in [0, 0.1) is 13.8 Å². The number of nitrogens with two attached hydrogens (primary N) is 1. The first kappa shape index (κ1) is 18.7. The highest BCUT2D eigenvalue weighted by molar-refractivity contribution is 5.91. The van der Waals surface area contributed by atoms with Gasteiger partial charge in [-0.1, -0.05) is 0 Å². The molecule has 0 atom stereocenters. The average Bonchev–Trinajstić information content (AvgIpc) is 3.18. The third-order valence-electron chi connectivity index (χ3n) is 4.13. The topological polar surface area (TPSA) is 100.0 Å². The summed E-state index contributed by atoms with van der Waals surface area (Å²) in [6.07, 6.45) is 1.72. The number of benzene rings is 1. The van der Waals surface area contributed by atoms with Crippen molar-refractivity contribution in [2.45, 2.75) is 20.4 Å². The van der Waals surface area contributed by atoms with Crippen LogP contribution in [0.3, 0.4) is 0 Å². The number of aryl methyl sites for hydroxylation is 3. The van der Waals surface area contributed by atoms with Crippen molar-refractivity contribution in [1.29, 1.82) is 0 Å². The van der Waals surface area contributed by atoms with Crippen LogP contribution in [0.2, 0.25) is 0 Å². The molecule has 8 nitrogen and oxygen atoms in total. The van der Waals surface area contributed by atoms with Crippen LogP contribution in [-0.2, 0) is 18.4 Å². The summed E-state index contributed by atoms with van der Waals surface area (Å²) in [5, 5.41) is 11.5. The molecule has 0 aliphatic rings. The van der Waals surface area contributed by atoms with Crippen molar-refractivity contribution in [2.75, 3.05) is 18.5 Å². The Labute approximate surface area is 157 Å². The van der Waals surface area contributed by atoms with Gasteiger partial charge in [-0.25, -0.2) is 0 Å². The van der Waals surface area contributed by atoms with E-state index in [1.807, 2.05) is 51.2 Å². The molecule has 0 unspecified atom stereocenters. The molecule has 0 fully saturated rings. The number of nitrogens with zero attached hydrogens (tertiary/aromatic N) is 4. The van der Waals surface area contributed by atoms with Crippen LogP contribution in [0.1, 0.15) is 11.4 Å². The summed E-state index contributed by atoms with van der Waals surface area (Å²) >= 11 is 0. The summed E-state index contributed by atoms with van der Waals surface area (Å²) < 4.78 is 9.19. The number of rotatable bonds is 7. The Hall–Kier alpha value is -3.13. The van der Waals surface area contributed by atoms with Gasteiger partial charge >= 0.3 is 0 Å². The van der Waals surface area contributed by atoms with Crippen LogP contribution in [-0.4, -0.2) is 38.6 Å². The van der Waals surface area contributed by atoms with Crippen LogP contribution >= 0.6 is 0 Å². The fraction of sp³-hybridized carbons (Fsp3) is 0.316. The van der Waals surface area contributed by atoms with E-state index in [4.69, 9.17) is 10.5 Å². The minimum absolute atomic E-state index is 0.146. The van der Waals surface area contributed by atoms with Crippen LogP contribution in [0.4, 0.5) is 5.69 Å². The molecule has 0 radical (unpaired) electrons. The fourth-order valence-corrected chi connectivity index (χ4v) is 2.91. The molecule has 2 heterocycles. The van der Waals surface area contributed by atoms with E-state index in [1.165, 1.54) is 0 Å². The average molecular weight is 368 g/mol. The normalized spacial score (nSPS) is 10.8.